The van der Waals surface area contributed by atoms with Crippen molar-refractivity contribution in [2.45, 2.75) is 26.7 Å². The maximum Gasteiger partial charge on any atom is 0.261 e. The molecule has 3 aromatic rings. The van der Waals surface area contributed by atoms with Gasteiger partial charge >= 0.3 is 0 Å². The van der Waals surface area contributed by atoms with Crippen LogP contribution in [0.25, 0.3) is 17.3 Å². The smallest absolute Gasteiger partial charge is 0.261 e. The average molecular weight is 302 g/mol. The number of pyridine rings is 1. The number of aromatic nitrogens is 2. The maximum absolute atomic E-state index is 12.7. The molecule has 0 saturated carbocycles. The van der Waals surface area contributed by atoms with Gasteiger partial charge in [0.25, 0.3) is 5.56 Å². The molecule has 2 heterocycles. The molecule has 0 saturated heterocycles. The molecule has 0 aliphatic heterocycles. The number of hydrogen-bond acceptors (Lipinski definition) is 2. The number of fused-ring (bicyclic) bond motifs is 2. The van der Waals surface area contributed by atoms with E-state index in [1.165, 1.54) is 11.1 Å². The second-order valence-corrected chi connectivity index (χ2v) is 6.26. The number of nitrogens with zero attached hydrogens (tertiary/aromatic N) is 2. The summed E-state index contributed by atoms with van der Waals surface area (Å²) in [6.45, 7) is 4.08. The summed E-state index contributed by atoms with van der Waals surface area (Å²) in [7, 11) is 0. The van der Waals surface area contributed by atoms with Gasteiger partial charge in [0.1, 0.15) is 5.65 Å². The molecule has 3 heteroatoms. The molecule has 1 aliphatic rings. The summed E-state index contributed by atoms with van der Waals surface area (Å²) in [5.74, 6) is 0. The van der Waals surface area contributed by atoms with E-state index in [1.54, 1.807) is 4.40 Å². The first-order valence-corrected chi connectivity index (χ1v) is 7.91. The van der Waals surface area contributed by atoms with E-state index in [1.807, 2.05) is 25.3 Å². The molecule has 0 unspecified atom stereocenters. The summed E-state index contributed by atoms with van der Waals surface area (Å²) >= 11 is 0. The lowest BCUT2D eigenvalue weighted by atomic mass is 10.1. The van der Waals surface area contributed by atoms with Crippen LogP contribution in [0.15, 0.2) is 47.4 Å². The van der Waals surface area contributed by atoms with Gasteiger partial charge in [-0.25, -0.2) is 4.98 Å². The molecule has 0 amide bonds. The van der Waals surface area contributed by atoms with Crippen LogP contribution in [0.3, 0.4) is 0 Å². The Balaban J connectivity index is 1.90. The van der Waals surface area contributed by atoms with Crippen molar-refractivity contribution in [2.75, 3.05) is 0 Å². The molecule has 23 heavy (non-hydrogen) atoms. The van der Waals surface area contributed by atoms with Gasteiger partial charge < -0.3 is 0 Å². The molecule has 3 nitrogen and oxygen atoms in total. The van der Waals surface area contributed by atoms with Crippen LogP contribution in [-0.2, 0) is 6.42 Å². The Hall–Kier alpha value is -2.68. The number of allylic oxidation sites excluding steroid dienone is 1. The highest BCUT2D eigenvalue weighted by molar-refractivity contribution is 5.84. The second-order valence-electron chi connectivity index (χ2n) is 6.26. The lowest BCUT2D eigenvalue weighted by Crippen LogP contribution is -2.19. The normalized spacial score (nSPS) is 15.3. The monoisotopic (exact) mass is 302 g/mol. The topological polar surface area (TPSA) is 34.4 Å². The van der Waals surface area contributed by atoms with Crippen molar-refractivity contribution in [1.29, 1.82) is 0 Å². The number of aryl methyl sites for hydroxylation is 2. The van der Waals surface area contributed by atoms with Crippen LogP contribution in [0, 0.1) is 13.8 Å². The van der Waals surface area contributed by atoms with E-state index in [4.69, 9.17) is 4.98 Å². The number of hydrogen-bond donors (Lipinski definition) is 0. The third kappa shape index (κ3) is 2.38. The molecule has 0 spiro atoms. The van der Waals surface area contributed by atoms with Gasteiger partial charge in [-0.15, -0.1) is 0 Å². The minimum Gasteiger partial charge on any atom is -0.269 e. The number of rotatable bonds is 1. The van der Waals surface area contributed by atoms with Gasteiger partial charge in [0.2, 0.25) is 0 Å². The summed E-state index contributed by atoms with van der Waals surface area (Å²) in [6, 6.07) is 12.3. The Labute approximate surface area is 134 Å². The van der Waals surface area contributed by atoms with Gasteiger partial charge in [-0.1, -0.05) is 35.9 Å². The van der Waals surface area contributed by atoms with Crippen LogP contribution in [0.5, 0.6) is 0 Å². The quantitative estimate of drug-likeness (QED) is 0.685. The van der Waals surface area contributed by atoms with Gasteiger partial charge in [-0.3, -0.25) is 9.20 Å². The Morgan fingerprint density at radius 1 is 1.09 bits per heavy atom. The minimum atomic E-state index is 0.0707. The van der Waals surface area contributed by atoms with E-state index in [-0.39, 0.29) is 5.56 Å². The lowest BCUT2D eigenvalue weighted by molar-refractivity contribution is 0.965. The predicted octanol–water partition coefficient (Wildman–Crippen LogP) is 3.80. The molecule has 114 valence electrons. The minimum absolute atomic E-state index is 0.0707. The third-order valence-corrected chi connectivity index (χ3v) is 4.40. The molecule has 1 aromatic carbocycles. The predicted molar refractivity (Wildman–Crippen MR) is 93.6 cm³/mol. The summed E-state index contributed by atoms with van der Waals surface area (Å²) in [5.41, 5.74) is 7.13. The molecule has 0 atom stereocenters. The molecule has 1 aliphatic carbocycles. The molecular weight excluding hydrogens is 284 g/mol. The van der Waals surface area contributed by atoms with Crippen LogP contribution < -0.4 is 5.56 Å². The van der Waals surface area contributed by atoms with Crippen LogP contribution in [0.4, 0.5) is 0 Å². The zero-order valence-electron chi connectivity index (χ0n) is 13.3. The zero-order chi connectivity index (χ0) is 16.0. The molecule has 4 rings (SSSR count). The lowest BCUT2D eigenvalue weighted by Gasteiger charge is -2.06. The SMILES string of the molecule is Cc1cccc(/C=C2/CCc3c2nc2ccc(C)cn2c3=O)c1. The fraction of sp³-hybridized carbons (Fsp3) is 0.200. The summed E-state index contributed by atoms with van der Waals surface area (Å²) < 4.78 is 1.67. The van der Waals surface area contributed by atoms with E-state index in [9.17, 15) is 4.79 Å². The first-order chi connectivity index (χ1) is 11.1. The van der Waals surface area contributed by atoms with Crippen LogP contribution in [0.1, 0.15) is 34.4 Å². The molecule has 2 aromatic heterocycles. The third-order valence-electron chi connectivity index (χ3n) is 4.40. The summed E-state index contributed by atoms with van der Waals surface area (Å²) in [5, 5.41) is 0. The van der Waals surface area contributed by atoms with Gasteiger partial charge in [0.05, 0.1) is 5.69 Å². The van der Waals surface area contributed by atoms with E-state index in [0.717, 1.165) is 40.9 Å². The first kappa shape index (κ1) is 13.9. The van der Waals surface area contributed by atoms with Gasteiger partial charge in [-0.05, 0) is 55.5 Å². The Morgan fingerprint density at radius 3 is 2.78 bits per heavy atom. The van der Waals surface area contributed by atoms with Gasteiger partial charge in [-0.2, -0.15) is 0 Å². The van der Waals surface area contributed by atoms with Crippen LogP contribution in [-0.4, -0.2) is 9.38 Å². The fourth-order valence-corrected chi connectivity index (χ4v) is 3.25. The molecule has 0 radical (unpaired) electrons. The van der Waals surface area contributed by atoms with Crippen molar-refractivity contribution < 1.29 is 0 Å². The van der Waals surface area contributed by atoms with E-state index in [0.29, 0.717) is 0 Å². The van der Waals surface area contributed by atoms with Crippen molar-refractivity contribution in [3.05, 3.63) is 80.9 Å². The largest absolute Gasteiger partial charge is 0.269 e. The number of benzene rings is 1. The fourth-order valence-electron chi connectivity index (χ4n) is 3.25. The first-order valence-electron chi connectivity index (χ1n) is 7.91. The van der Waals surface area contributed by atoms with Crippen molar-refractivity contribution >= 4 is 17.3 Å². The Morgan fingerprint density at radius 2 is 1.96 bits per heavy atom. The maximum atomic E-state index is 12.7. The van der Waals surface area contributed by atoms with Crippen molar-refractivity contribution in [3.63, 3.8) is 0 Å². The molecular formula is C20H18N2O. The second kappa shape index (κ2) is 5.20. The Bertz CT molecular complexity index is 1010. The van der Waals surface area contributed by atoms with E-state index >= 15 is 0 Å². The highest BCUT2D eigenvalue weighted by Gasteiger charge is 2.22. The molecule has 0 bridgehead atoms. The highest BCUT2D eigenvalue weighted by Crippen LogP contribution is 2.30. The molecule has 0 N–H and O–H groups in total. The molecule has 0 fully saturated rings. The van der Waals surface area contributed by atoms with E-state index in [2.05, 4.69) is 37.3 Å². The summed E-state index contributed by atoms with van der Waals surface area (Å²) in [4.78, 5) is 17.5. The van der Waals surface area contributed by atoms with Crippen molar-refractivity contribution in [3.8, 4) is 0 Å². The Kier molecular flexibility index (Phi) is 3.15. The van der Waals surface area contributed by atoms with Gasteiger partial charge in [0, 0.05) is 11.8 Å². The van der Waals surface area contributed by atoms with Crippen molar-refractivity contribution in [1.82, 2.24) is 9.38 Å². The van der Waals surface area contributed by atoms with E-state index < -0.39 is 0 Å². The average Bonchev–Trinajstić information content (AvgIpc) is 2.92. The van der Waals surface area contributed by atoms with Crippen molar-refractivity contribution in [2.24, 2.45) is 0 Å². The standard InChI is InChI=1S/C20H18N2O/c1-13-4-3-5-15(10-13)11-16-7-8-17-19(16)21-18-9-6-14(2)12-22(18)20(17)23/h3-6,9-12H,7-8H2,1-2H3/b16-11-. The van der Waals surface area contributed by atoms with Gasteiger partial charge in [0.15, 0.2) is 0 Å². The highest BCUT2D eigenvalue weighted by atomic mass is 16.1. The van der Waals surface area contributed by atoms with Crippen LogP contribution in [0.2, 0.25) is 0 Å². The van der Waals surface area contributed by atoms with Crippen LogP contribution >= 0.6 is 0 Å². The zero-order valence-corrected chi connectivity index (χ0v) is 13.3. The summed E-state index contributed by atoms with van der Waals surface area (Å²) in [6.07, 6.45) is 5.68.